The number of hydrogen-bond acceptors (Lipinski definition) is 10. The number of halogens is 2. The van der Waals surface area contributed by atoms with Crippen molar-refractivity contribution in [3.63, 3.8) is 0 Å². The molecule has 0 saturated carbocycles. The van der Waals surface area contributed by atoms with Crippen LogP contribution < -0.4 is 9.64 Å². The molecule has 0 radical (unpaired) electrons. The second-order valence-electron chi connectivity index (χ2n) is 15.1. The second-order valence-corrected chi connectivity index (χ2v) is 15.1. The highest BCUT2D eigenvalue weighted by molar-refractivity contribution is 6.00. The van der Waals surface area contributed by atoms with E-state index in [1.54, 1.807) is 12.4 Å². The first-order valence-electron chi connectivity index (χ1n) is 18.8. The lowest BCUT2D eigenvalue weighted by atomic mass is 9.91. The maximum Gasteiger partial charge on any atom is 0.319 e. The number of carboxylic acid groups (broad SMARTS) is 1. The number of hydrogen-bond donors (Lipinski definition) is 2. The molecule has 4 aliphatic rings. The Morgan fingerprint density at radius 1 is 1.12 bits per heavy atom. The molecule has 2 N–H and O–H groups in total. The summed E-state index contributed by atoms with van der Waals surface area (Å²) in [6.07, 6.45) is 9.76. The number of carboxylic acids is 1. The summed E-state index contributed by atoms with van der Waals surface area (Å²) in [5.74, 6) is -1.14. The van der Waals surface area contributed by atoms with Crippen LogP contribution in [0.3, 0.4) is 0 Å². The van der Waals surface area contributed by atoms with Crippen LogP contribution in [0.25, 0.3) is 33.1 Å². The van der Waals surface area contributed by atoms with Crippen molar-refractivity contribution in [2.75, 3.05) is 50.9 Å². The zero-order valence-electron chi connectivity index (χ0n) is 29.7. The normalized spacial score (nSPS) is 25.3. The van der Waals surface area contributed by atoms with E-state index in [1.807, 2.05) is 16.5 Å². The van der Waals surface area contributed by atoms with Crippen molar-refractivity contribution in [2.45, 2.75) is 95.5 Å². The zero-order valence-corrected chi connectivity index (χ0v) is 29.7. The Kier molecular flexibility index (Phi) is 9.72. The van der Waals surface area contributed by atoms with E-state index in [0.29, 0.717) is 62.3 Å². The third-order valence-electron chi connectivity index (χ3n) is 11.6. The van der Waals surface area contributed by atoms with E-state index in [0.717, 1.165) is 73.5 Å². The zero-order chi connectivity index (χ0) is 36.0. The van der Waals surface area contributed by atoms with Crippen molar-refractivity contribution in [3.05, 3.63) is 35.4 Å². The number of aliphatic carboxylic acids is 1. The highest BCUT2D eigenvalue weighted by atomic mass is 19.1. The summed E-state index contributed by atoms with van der Waals surface area (Å²) in [6, 6.07) is 2.06. The van der Waals surface area contributed by atoms with E-state index in [2.05, 4.69) is 16.0 Å². The molecule has 2 unspecified atom stereocenters. The van der Waals surface area contributed by atoms with Gasteiger partial charge in [-0.05, 0) is 94.4 Å². The summed E-state index contributed by atoms with van der Waals surface area (Å²) in [5, 5.41) is 25.2. The number of ether oxygens (including phenoxy) is 2. The van der Waals surface area contributed by atoms with E-state index in [4.69, 9.17) is 24.5 Å². The number of aliphatic hydroxyl groups is 1. The van der Waals surface area contributed by atoms with Gasteiger partial charge in [0.15, 0.2) is 12.0 Å². The van der Waals surface area contributed by atoms with E-state index >= 15 is 4.39 Å². The fourth-order valence-corrected chi connectivity index (χ4v) is 9.17. The number of aliphatic hydroxyl groups excluding tert-OH is 1. The van der Waals surface area contributed by atoms with Gasteiger partial charge in [0.05, 0.1) is 22.6 Å². The van der Waals surface area contributed by atoms with Crippen LogP contribution in [-0.4, -0.2) is 104 Å². The van der Waals surface area contributed by atoms with Crippen LogP contribution in [-0.2, 0) is 16.0 Å². The number of carbonyl (C=O) groups is 1. The lowest BCUT2D eigenvalue weighted by Gasteiger charge is -2.34. The molecule has 14 heteroatoms. The van der Waals surface area contributed by atoms with Gasteiger partial charge in [-0.1, -0.05) is 0 Å². The molecule has 4 atom stereocenters. The summed E-state index contributed by atoms with van der Waals surface area (Å²) in [6.45, 7) is 5.05. The maximum atomic E-state index is 17.4. The summed E-state index contributed by atoms with van der Waals surface area (Å²) in [7, 11) is 0. The fraction of sp³-hybridized carbons (Fsp3) is 0.605. The van der Waals surface area contributed by atoms with E-state index in [9.17, 15) is 19.4 Å². The molecule has 3 aromatic heterocycles. The van der Waals surface area contributed by atoms with Crippen molar-refractivity contribution < 1.29 is 33.3 Å². The van der Waals surface area contributed by atoms with E-state index in [-0.39, 0.29) is 49.0 Å². The average molecular weight is 720 g/mol. The number of rotatable bonds is 11. The van der Waals surface area contributed by atoms with Gasteiger partial charge >= 0.3 is 12.0 Å². The standard InChI is InChI=1S/C38H47F2N7O5/c1-23-15-29-27(19-42-47(29)30-9-2-3-14-51-30)32(26(23)8-5-13-48)35-33(40)34-28(18-41-35)36(45-11-4-7-24(20-45)16-31(49)50)44-37(43-34)52-22-38-10-6-12-46(38)21-25(39)17-38/h15,18-19,24-25,30,48H,2-14,16-17,20-22H2,1H3,(H,49,50)/t24?,25-,30?,38+/m1/s1. The first-order valence-corrected chi connectivity index (χ1v) is 18.8. The molecule has 0 amide bonds. The molecule has 1 aromatic carbocycles. The lowest BCUT2D eigenvalue weighted by Crippen LogP contribution is -2.43. The van der Waals surface area contributed by atoms with Gasteiger partial charge in [-0.2, -0.15) is 15.1 Å². The minimum Gasteiger partial charge on any atom is -0.481 e. The van der Waals surface area contributed by atoms with Crippen LogP contribution in [0.5, 0.6) is 6.01 Å². The largest absolute Gasteiger partial charge is 0.481 e. The van der Waals surface area contributed by atoms with E-state index in [1.165, 1.54) is 0 Å². The Balaban J connectivity index is 1.26. The minimum atomic E-state index is -0.928. The minimum absolute atomic E-state index is 0.000369. The Bertz CT molecular complexity index is 1970. The molecular weight excluding hydrogens is 672 g/mol. The molecule has 12 nitrogen and oxygen atoms in total. The Labute approximate surface area is 301 Å². The van der Waals surface area contributed by atoms with Crippen LogP contribution in [0.4, 0.5) is 14.6 Å². The monoisotopic (exact) mass is 719 g/mol. The number of fused-ring (bicyclic) bond motifs is 3. The summed E-state index contributed by atoms with van der Waals surface area (Å²) < 4.78 is 46.3. The smallest absolute Gasteiger partial charge is 0.319 e. The number of pyridine rings is 1. The van der Waals surface area contributed by atoms with Gasteiger partial charge in [-0.25, -0.2) is 13.5 Å². The number of aryl methyl sites for hydroxylation is 1. The van der Waals surface area contributed by atoms with Gasteiger partial charge in [0.2, 0.25) is 0 Å². The van der Waals surface area contributed by atoms with Gasteiger partial charge in [-0.3, -0.25) is 14.7 Å². The third-order valence-corrected chi connectivity index (χ3v) is 11.6. The molecule has 8 rings (SSSR count). The highest BCUT2D eigenvalue weighted by Crippen LogP contribution is 2.42. The molecule has 0 spiro atoms. The van der Waals surface area contributed by atoms with Crippen LogP contribution in [0, 0.1) is 18.7 Å². The van der Waals surface area contributed by atoms with Gasteiger partial charge in [0.1, 0.15) is 29.8 Å². The molecular formula is C38H47F2N7O5. The predicted molar refractivity (Wildman–Crippen MR) is 191 cm³/mol. The van der Waals surface area contributed by atoms with Crippen molar-refractivity contribution in [3.8, 4) is 17.3 Å². The number of aromatic nitrogens is 5. The van der Waals surface area contributed by atoms with Crippen LogP contribution >= 0.6 is 0 Å². The van der Waals surface area contributed by atoms with Crippen molar-refractivity contribution in [1.29, 1.82) is 0 Å². The third kappa shape index (κ3) is 6.47. The van der Waals surface area contributed by atoms with Crippen LogP contribution in [0.15, 0.2) is 18.5 Å². The molecule has 4 saturated heterocycles. The van der Waals surface area contributed by atoms with Gasteiger partial charge in [0.25, 0.3) is 0 Å². The molecule has 4 aliphatic heterocycles. The topological polar surface area (TPSA) is 139 Å². The van der Waals surface area contributed by atoms with Gasteiger partial charge in [-0.15, -0.1) is 0 Å². The number of nitrogens with zero attached hydrogens (tertiary/aromatic N) is 7. The average Bonchev–Trinajstić information content (AvgIpc) is 3.82. The second kappa shape index (κ2) is 14.4. The molecule has 52 heavy (non-hydrogen) atoms. The van der Waals surface area contributed by atoms with Gasteiger partial charge in [0, 0.05) is 62.8 Å². The molecule has 4 fully saturated rings. The van der Waals surface area contributed by atoms with E-state index < -0.39 is 23.5 Å². The number of piperidine rings is 1. The molecule has 4 aromatic rings. The fourth-order valence-electron chi connectivity index (χ4n) is 9.17. The Morgan fingerprint density at radius 3 is 2.81 bits per heavy atom. The van der Waals surface area contributed by atoms with Crippen LogP contribution in [0.2, 0.25) is 0 Å². The number of benzene rings is 1. The Morgan fingerprint density at radius 2 is 2.00 bits per heavy atom. The number of alkyl halides is 1. The molecule has 0 bridgehead atoms. The number of anilines is 1. The van der Waals surface area contributed by atoms with Crippen LogP contribution in [0.1, 0.15) is 81.6 Å². The lowest BCUT2D eigenvalue weighted by molar-refractivity contribution is -0.138. The summed E-state index contributed by atoms with van der Waals surface area (Å²) in [5.41, 5.74) is 2.95. The van der Waals surface area contributed by atoms with Gasteiger partial charge < -0.3 is 24.6 Å². The molecule has 278 valence electrons. The summed E-state index contributed by atoms with van der Waals surface area (Å²) >= 11 is 0. The van der Waals surface area contributed by atoms with Crippen molar-refractivity contribution in [2.24, 2.45) is 5.92 Å². The van der Waals surface area contributed by atoms with Crippen molar-refractivity contribution in [1.82, 2.24) is 29.6 Å². The Hall–Kier alpha value is -4.01. The first-order chi connectivity index (χ1) is 25.2. The summed E-state index contributed by atoms with van der Waals surface area (Å²) in [4.78, 5) is 30.1. The SMILES string of the molecule is Cc1cc2c(cnn2C2CCCCO2)c(-c2ncc3c(N4CCCC(CC(=O)O)C4)nc(OC[C@@]45CCCN4C[C@H](F)C5)nc3c2F)c1CCCO. The highest BCUT2D eigenvalue weighted by Gasteiger charge is 2.49. The molecule has 0 aliphatic carbocycles. The quantitative estimate of drug-likeness (QED) is 0.196. The maximum absolute atomic E-state index is 17.4. The molecule has 7 heterocycles. The predicted octanol–water partition coefficient (Wildman–Crippen LogP) is 5.76. The van der Waals surface area contributed by atoms with Crippen molar-refractivity contribution >= 4 is 33.6 Å². The first kappa shape index (κ1) is 35.0.